The number of rotatable bonds is 6. The summed E-state index contributed by atoms with van der Waals surface area (Å²) < 4.78 is 27.2. The molecule has 1 saturated heterocycles. The second-order valence-electron chi connectivity index (χ2n) is 6.82. The van der Waals surface area contributed by atoms with Gasteiger partial charge < -0.3 is 10.4 Å². The number of carbonyl (C=O) groups excluding carboxylic acids is 2. The summed E-state index contributed by atoms with van der Waals surface area (Å²) in [6.45, 7) is 2.70. The summed E-state index contributed by atoms with van der Waals surface area (Å²) in [4.78, 5) is 25.1. The fourth-order valence-corrected chi connectivity index (χ4v) is 4.69. The van der Waals surface area contributed by atoms with Gasteiger partial charge >= 0.3 is 0 Å². The molecule has 1 fully saturated rings. The molecule has 0 spiro atoms. The smallest absolute Gasteiger partial charge is 0.277 e. The SMILES string of the molecule is CC1CCN(S(=O)(=O)c2cccc(NC3=CC(=O)N(CCO)C3=O)c2)CC1. The summed E-state index contributed by atoms with van der Waals surface area (Å²) in [6.07, 6.45) is 2.81. The Morgan fingerprint density at radius 3 is 2.59 bits per heavy atom. The Morgan fingerprint density at radius 1 is 1.22 bits per heavy atom. The summed E-state index contributed by atoms with van der Waals surface area (Å²) in [5, 5.41) is 11.8. The Kier molecular flexibility index (Phi) is 5.64. The van der Waals surface area contributed by atoms with Gasteiger partial charge in [0.25, 0.3) is 11.8 Å². The molecule has 3 rings (SSSR count). The van der Waals surface area contributed by atoms with Crippen LogP contribution in [0, 0.1) is 5.92 Å². The van der Waals surface area contributed by atoms with Gasteiger partial charge in [0, 0.05) is 24.9 Å². The standard InChI is InChI=1S/C18H23N3O5S/c1-13-5-7-20(8-6-13)27(25,26)15-4-2-3-14(11-15)19-16-12-17(23)21(9-10-22)18(16)24/h2-4,11-13,19,22H,5-10H2,1H3. The van der Waals surface area contributed by atoms with E-state index in [0.29, 0.717) is 24.7 Å². The Morgan fingerprint density at radius 2 is 1.93 bits per heavy atom. The highest BCUT2D eigenvalue weighted by Gasteiger charge is 2.31. The van der Waals surface area contributed by atoms with Crippen molar-refractivity contribution in [1.82, 2.24) is 9.21 Å². The highest BCUT2D eigenvalue weighted by Crippen LogP contribution is 2.26. The first-order valence-electron chi connectivity index (χ1n) is 8.88. The summed E-state index contributed by atoms with van der Waals surface area (Å²) >= 11 is 0. The van der Waals surface area contributed by atoms with Crippen molar-refractivity contribution >= 4 is 27.5 Å². The predicted octanol–water partition coefficient (Wildman–Crippen LogP) is 0.764. The van der Waals surface area contributed by atoms with Crippen LogP contribution in [0.2, 0.25) is 0 Å². The molecule has 2 heterocycles. The summed E-state index contributed by atoms with van der Waals surface area (Å²) in [6, 6.07) is 6.20. The van der Waals surface area contributed by atoms with Crippen molar-refractivity contribution in [1.29, 1.82) is 0 Å². The summed E-state index contributed by atoms with van der Waals surface area (Å²) in [7, 11) is -3.61. The molecule has 2 aliphatic rings. The largest absolute Gasteiger partial charge is 0.395 e. The van der Waals surface area contributed by atoms with Crippen molar-refractivity contribution in [2.75, 3.05) is 31.6 Å². The minimum absolute atomic E-state index is 0.0507. The molecule has 0 radical (unpaired) electrons. The number of aliphatic hydroxyl groups excluding tert-OH is 1. The molecule has 0 bridgehead atoms. The molecule has 2 amide bonds. The normalized spacial score (nSPS) is 19.5. The molecule has 9 heteroatoms. The van der Waals surface area contributed by atoms with Crippen LogP contribution in [0.25, 0.3) is 0 Å². The number of benzene rings is 1. The zero-order chi connectivity index (χ0) is 19.6. The second-order valence-corrected chi connectivity index (χ2v) is 8.75. The lowest BCUT2D eigenvalue weighted by molar-refractivity contribution is -0.137. The minimum Gasteiger partial charge on any atom is -0.395 e. The highest BCUT2D eigenvalue weighted by atomic mass is 32.2. The van der Waals surface area contributed by atoms with Crippen molar-refractivity contribution in [3.05, 3.63) is 36.0 Å². The third-order valence-electron chi connectivity index (χ3n) is 4.83. The molecule has 0 saturated carbocycles. The van der Waals surface area contributed by atoms with Crippen molar-refractivity contribution in [2.45, 2.75) is 24.7 Å². The Hall–Kier alpha value is -2.23. The van der Waals surface area contributed by atoms with E-state index in [9.17, 15) is 18.0 Å². The molecule has 0 aromatic heterocycles. The maximum Gasteiger partial charge on any atom is 0.277 e. The minimum atomic E-state index is -3.61. The number of sulfonamides is 1. The fraction of sp³-hybridized carbons (Fsp3) is 0.444. The summed E-state index contributed by atoms with van der Waals surface area (Å²) in [5.74, 6) is -0.542. The van der Waals surface area contributed by atoms with Crippen molar-refractivity contribution in [3.63, 3.8) is 0 Å². The van der Waals surface area contributed by atoms with Gasteiger partial charge in [-0.3, -0.25) is 14.5 Å². The quantitative estimate of drug-likeness (QED) is 0.691. The van der Waals surface area contributed by atoms with E-state index in [1.165, 1.54) is 16.4 Å². The van der Waals surface area contributed by atoms with E-state index in [1.807, 2.05) is 0 Å². The third-order valence-corrected chi connectivity index (χ3v) is 6.72. The number of nitrogens with one attached hydrogen (secondary N) is 1. The molecular weight excluding hydrogens is 370 g/mol. The maximum atomic E-state index is 12.9. The lowest BCUT2D eigenvalue weighted by Gasteiger charge is -2.29. The van der Waals surface area contributed by atoms with Gasteiger partial charge in [-0.05, 0) is 37.0 Å². The number of nitrogens with zero attached hydrogens (tertiary/aromatic N) is 2. The molecule has 27 heavy (non-hydrogen) atoms. The van der Waals surface area contributed by atoms with Gasteiger partial charge in [0.15, 0.2) is 0 Å². The van der Waals surface area contributed by atoms with E-state index in [2.05, 4.69) is 12.2 Å². The monoisotopic (exact) mass is 393 g/mol. The topological polar surface area (TPSA) is 107 Å². The van der Waals surface area contributed by atoms with Crippen LogP contribution in [-0.2, 0) is 19.6 Å². The maximum absolute atomic E-state index is 12.9. The van der Waals surface area contributed by atoms with Gasteiger partial charge in [-0.1, -0.05) is 13.0 Å². The number of aliphatic hydroxyl groups is 1. The lowest BCUT2D eigenvalue weighted by atomic mass is 10.0. The molecule has 146 valence electrons. The summed E-state index contributed by atoms with van der Waals surface area (Å²) in [5.41, 5.74) is 0.453. The van der Waals surface area contributed by atoms with Gasteiger partial charge in [-0.2, -0.15) is 4.31 Å². The molecular formula is C18H23N3O5S. The van der Waals surface area contributed by atoms with Crippen LogP contribution in [0.5, 0.6) is 0 Å². The second kappa shape index (κ2) is 7.79. The van der Waals surface area contributed by atoms with E-state index >= 15 is 0 Å². The molecule has 0 atom stereocenters. The number of anilines is 1. The number of imide groups is 1. The molecule has 0 aliphatic carbocycles. The Bertz CT molecular complexity index is 873. The van der Waals surface area contributed by atoms with Crippen LogP contribution in [-0.4, -0.2) is 60.8 Å². The number of hydrogen-bond donors (Lipinski definition) is 2. The first kappa shape index (κ1) is 19.5. The first-order valence-corrected chi connectivity index (χ1v) is 10.3. The number of amides is 2. The fourth-order valence-electron chi connectivity index (χ4n) is 3.17. The third kappa shape index (κ3) is 4.05. The average molecular weight is 393 g/mol. The van der Waals surface area contributed by atoms with Crippen LogP contribution >= 0.6 is 0 Å². The molecule has 1 aromatic rings. The van der Waals surface area contributed by atoms with E-state index in [1.54, 1.807) is 12.1 Å². The number of β-amino-alcohol motifs (C(OH)–C–C–N with tert-alkyl or cyclic N) is 1. The molecule has 2 aliphatic heterocycles. The number of carbonyl (C=O) groups is 2. The molecule has 1 aromatic carbocycles. The van der Waals surface area contributed by atoms with Crippen LogP contribution in [0.1, 0.15) is 19.8 Å². The Labute approximate surface area is 158 Å². The van der Waals surface area contributed by atoms with Gasteiger partial charge in [0.1, 0.15) is 5.70 Å². The van der Waals surface area contributed by atoms with Crippen molar-refractivity contribution in [2.24, 2.45) is 5.92 Å². The van der Waals surface area contributed by atoms with Crippen LogP contribution < -0.4 is 5.32 Å². The Balaban J connectivity index is 1.77. The zero-order valence-electron chi connectivity index (χ0n) is 15.1. The number of hydrogen-bond acceptors (Lipinski definition) is 6. The predicted molar refractivity (Wildman–Crippen MR) is 99.1 cm³/mol. The van der Waals surface area contributed by atoms with Gasteiger partial charge in [0.2, 0.25) is 10.0 Å². The van der Waals surface area contributed by atoms with E-state index in [4.69, 9.17) is 5.11 Å². The van der Waals surface area contributed by atoms with Gasteiger partial charge in [-0.25, -0.2) is 8.42 Å². The number of piperidine rings is 1. The average Bonchev–Trinajstić information content (AvgIpc) is 2.90. The lowest BCUT2D eigenvalue weighted by Crippen LogP contribution is -2.37. The highest BCUT2D eigenvalue weighted by molar-refractivity contribution is 7.89. The van der Waals surface area contributed by atoms with E-state index in [0.717, 1.165) is 23.8 Å². The van der Waals surface area contributed by atoms with Crippen LogP contribution in [0.15, 0.2) is 40.9 Å². The molecule has 8 nitrogen and oxygen atoms in total. The van der Waals surface area contributed by atoms with Crippen LogP contribution in [0.3, 0.4) is 0 Å². The van der Waals surface area contributed by atoms with Crippen molar-refractivity contribution in [3.8, 4) is 0 Å². The van der Waals surface area contributed by atoms with E-state index < -0.39 is 21.8 Å². The van der Waals surface area contributed by atoms with Gasteiger partial charge in [0.05, 0.1) is 18.0 Å². The first-order chi connectivity index (χ1) is 12.8. The van der Waals surface area contributed by atoms with E-state index in [-0.39, 0.29) is 23.7 Å². The molecule has 0 unspecified atom stereocenters. The zero-order valence-corrected chi connectivity index (χ0v) is 15.9. The van der Waals surface area contributed by atoms with Crippen molar-refractivity contribution < 1.29 is 23.1 Å². The van der Waals surface area contributed by atoms with Crippen LogP contribution in [0.4, 0.5) is 5.69 Å². The van der Waals surface area contributed by atoms with Gasteiger partial charge in [-0.15, -0.1) is 0 Å². The molecule has 2 N–H and O–H groups in total.